The highest BCUT2D eigenvalue weighted by Crippen LogP contribution is 2.26. The van der Waals surface area contributed by atoms with E-state index in [1.54, 1.807) is 31.3 Å². The topological polar surface area (TPSA) is 114 Å². The minimum atomic E-state index is -3.56. The predicted octanol–water partition coefficient (Wildman–Crippen LogP) is 2.63. The van der Waals surface area contributed by atoms with E-state index < -0.39 is 10.0 Å². The molecule has 0 saturated heterocycles. The number of anilines is 3. The third-order valence-electron chi connectivity index (χ3n) is 5.27. The lowest BCUT2D eigenvalue weighted by Crippen LogP contribution is -2.36. The summed E-state index contributed by atoms with van der Waals surface area (Å²) in [6.07, 6.45) is 3.61. The summed E-state index contributed by atoms with van der Waals surface area (Å²) in [6.45, 7) is 7.02. The van der Waals surface area contributed by atoms with Crippen LogP contribution in [0.3, 0.4) is 0 Å². The van der Waals surface area contributed by atoms with Crippen LogP contribution < -0.4 is 10.6 Å². The summed E-state index contributed by atoms with van der Waals surface area (Å²) in [7, 11) is -1.96. The van der Waals surface area contributed by atoms with Crippen molar-refractivity contribution >= 4 is 27.5 Å². The van der Waals surface area contributed by atoms with Gasteiger partial charge in [-0.05, 0) is 50.2 Å². The average Bonchev–Trinajstić information content (AvgIpc) is 3.59. The van der Waals surface area contributed by atoms with Crippen molar-refractivity contribution in [1.82, 2.24) is 19.2 Å². The van der Waals surface area contributed by atoms with Crippen molar-refractivity contribution in [1.29, 1.82) is 5.26 Å². The number of likely N-dealkylation sites (N-methyl/N-ethyl adjacent to an activating group) is 2. The largest absolute Gasteiger partial charge is 0.366 e. The summed E-state index contributed by atoms with van der Waals surface area (Å²) >= 11 is 0. The molecule has 3 rings (SSSR count). The molecule has 1 aromatic heterocycles. The summed E-state index contributed by atoms with van der Waals surface area (Å²) < 4.78 is 27.1. The van der Waals surface area contributed by atoms with Gasteiger partial charge in [-0.25, -0.2) is 13.4 Å². The van der Waals surface area contributed by atoms with Crippen LogP contribution in [0.2, 0.25) is 0 Å². The molecule has 0 unspecified atom stereocenters. The van der Waals surface area contributed by atoms with Gasteiger partial charge in [0.1, 0.15) is 17.5 Å². The first-order valence-corrected chi connectivity index (χ1v) is 11.9. The molecule has 0 amide bonds. The van der Waals surface area contributed by atoms with Gasteiger partial charge in [0.05, 0.1) is 11.1 Å². The lowest BCUT2D eigenvalue weighted by molar-refractivity contribution is 0.282. The standard InChI is InChI=1S/C21H29N7O2S/c1-4-28(5-2)13-12-27(3)31(29,30)19-10-8-18(9-11-19)25-21-23-15-16(14-22)20(26-21)24-17-6-7-17/h8-11,15,17H,4-7,12-13H2,1-3H3,(H2,23,24,25,26). The van der Waals surface area contributed by atoms with Crippen LogP contribution in [0.4, 0.5) is 17.5 Å². The van der Waals surface area contributed by atoms with Gasteiger partial charge in [-0.3, -0.25) is 0 Å². The number of sulfonamides is 1. The molecule has 0 radical (unpaired) electrons. The molecule has 10 heteroatoms. The van der Waals surface area contributed by atoms with E-state index in [9.17, 15) is 13.7 Å². The van der Waals surface area contributed by atoms with Crippen molar-refractivity contribution in [3.8, 4) is 6.07 Å². The van der Waals surface area contributed by atoms with Gasteiger partial charge in [-0.1, -0.05) is 13.8 Å². The highest BCUT2D eigenvalue weighted by molar-refractivity contribution is 7.89. The van der Waals surface area contributed by atoms with Crippen LogP contribution in [0.15, 0.2) is 35.4 Å². The van der Waals surface area contributed by atoms with Gasteiger partial charge in [0.25, 0.3) is 0 Å². The van der Waals surface area contributed by atoms with Crippen LogP contribution in [0, 0.1) is 11.3 Å². The lowest BCUT2D eigenvalue weighted by Gasteiger charge is -2.23. The summed E-state index contributed by atoms with van der Waals surface area (Å²) in [6, 6.07) is 8.95. The van der Waals surface area contributed by atoms with Gasteiger partial charge in [0, 0.05) is 31.9 Å². The monoisotopic (exact) mass is 443 g/mol. The SMILES string of the molecule is CCN(CC)CCN(C)S(=O)(=O)c1ccc(Nc2ncc(C#N)c(NC3CC3)n2)cc1. The smallest absolute Gasteiger partial charge is 0.242 e. The Kier molecular flexibility index (Phi) is 7.43. The molecule has 2 N–H and O–H groups in total. The number of hydrogen-bond donors (Lipinski definition) is 2. The molecule has 1 fully saturated rings. The molecule has 2 aromatic rings. The van der Waals surface area contributed by atoms with Crippen LogP contribution in [0.25, 0.3) is 0 Å². The zero-order chi connectivity index (χ0) is 22.4. The van der Waals surface area contributed by atoms with Crippen molar-refractivity contribution in [2.45, 2.75) is 37.6 Å². The molecule has 0 spiro atoms. The third-order valence-corrected chi connectivity index (χ3v) is 7.14. The first-order chi connectivity index (χ1) is 14.9. The van der Waals surface area contributed by atoms with Crippen molar-refractivity contribution in [2.24, 2.45) is 0 Å². The van der Waals surface area contributed by atoms with Gasteiger partial charge in [-0.2, -0.15) is 14.6 Å². The zero-order valence-corrected chi connectivity index (χ0v) is 19.0. The minimum absolute atomic E-state index is 0.233. The minimum Gasteiger partial charge on any atom is -0.366 e. The fourth-order valence-electron chi connectivity index (χ4n) is 3.02. The van der Waals surface area contributed by atoms with E-state index in [1.165, 1.54) is 10.5 Å². The van der Waals surface area contributed by atoms with E-state index in [4.69, 9.17) is 0 Å². The molecule has 1 saturated carbocycles. The summed E-state index contributed by atoms with van der Waals surface area (Å²) in [4.78, 5) is 11.0. The van der Waals surface area contributed by atoms with E-state index in [1.807, 2.05) is 0 Å². The van der Waals surface area contributed by atoms with Crippen LogP contribution in [0.5, 0.6) is 0 Å². The third kappa shape index (κ3) is 5.91. The number of nitrogens with zero attached hydrogens (tertiary/aromatic N) is 5. The second-order valence-corrected chi connectivity index (χ2v) is 9.53. The zero-order valence-electron chi connectivity index (χ0n) is 18.2. The quantitative estimate of drug-likeness (QED) is 0.545. The maximum atomic E-state index is 12.8. The first kappa shape index (κ1) is 22.9. The Labute approximate surface area is 184 Å². The second-order valence-electron chi connectivity index (χ2n) is 7.49. The first-order valence-electron chi connectivity index (χ1n) is 10.5. The number of benzene rings is 1. The second kappa shape index (κ2) is 10.0. The summed E-state index contributed by atoms with van der Waals surface area (Å²) in [5.41, 5.74) is 1.05. The molecule has 1 aliphatic carbocycles. The molecule has 31 heavy (non-hydrogen) atoms. The van der Waals surface area contributed by atoms with Crippen LogP contribution in [-0.4, -0.2) is 66.9 Å². The maximum absolute atomic E-state index is 12.8. The van der Waals surface area contributed by atoms with Gasteiger partial charge in [0.2, 0.25) is 16.0 Å². The molecule has 1 aromatic carbocycles. The van der Waals surface area contributed by atoms with E-state index in [-0.39, 0.29) is 4.90 Å². The lowest BCUT2D eigenvalue weighted by atomic mass is 10.3. The molecule has 1 heterocycles. The van der Waals surface area contributed by atoms with E-state index >= 15 is 0 Å². The van der Waals surface area contributed by atoms with Gasteiger partial charge < -0.3 is 15.5 Å². The van der Waals surface area contributed by atoms with E-state index in [2.05, 4.69) is 45.4 Å². The summed E-state index contributed by atoms with van der Waals surface area (Å²) in [5, 5.41) is 15.5. The van der Waals surface area contributed by atoms with Gasteiger partial charge >= 0.3 is 0 Å². The highest BCUT2D eigenvalue weighted by atomic mass is 32.2. The molecule has 0 aliphatic heterocycles. The van der Waals surface area contributed by atoms with E-state index in [0.29, 0.717) is 42.1 Å². The Morgan fingerprint density at radius 1 is 1.16 bits per heavy atom. The number of nitrogens with one attached hydrogen (secondary N) is 2. The molecule has 9 nitrogen and oxygen atoms in total. The van der Waals surface area contributed by atoms with Gasteiger partial charge in [-0.15, -0.1) is 0 Å². The Hall–Kier alpha value is -2.74. The Balaban J connectivity index is 1.67. The van der Waals surface area contributed by atoms with Crippen molar-refractivity contribution in [3.05, 3.63) is 36.0 Å². The van der Waals surface area contributed by atoms with Crippen molar-refractivity contribution in [2.75, 3.05) is 43.9 Å². The number of hydrogen-bond acceptors (Lipinski definition) is 8. The van der Waals surface area contributed by atoms with Crippen LogP contribution in [-0.2, 0) is 10.0 Å². The fourth-order valence-corrected chi connectivity index (χ4v) is 4.18. The normalized spacial score (nSPS) is 13.9. The molecule has 0 atom stereocenters. The van der Waals surface area contributed by atoms with E-state index in [0.717, 1.165) is 25.9 Å². The van der Waals surface area contributed by atoms with Gasteiger partial charge in [0.15, 0.2) is 0 Å². The average molecular weight is 444 g/mol. The number of aromatic nitrogens is 2. The van der Waals surface area contributed by atoms with Crippen LogP contribution >= 0.6 is 0 Å². The summed E-state index contributed by atoms with van der Waals surface area (Å²) in [5.74, 6) is 0.852. The molecule has 0 bridgehead atoms. The number of nitriles is 1. The Morgan fingerprint density at radius 3 is 2.42 bits per heavy atom. The predicted molar refractivity (Wildman–Crippen MR) is 121 cm³/mol. The fraction of sp³-hybridized carbons (Fsp3) is 0.476. The molecular formula is C21H29N7O2S. The van der Waals surface area contributed by atoms with Crippen molar-refractivity contribution in [3.63, 3.8) is 0 Å². The Morgan fingerprint density at radius 2 is 1.84 bits per heavy atom. The van der Waals surface area contributed by atoms with Crippen molar-refractivity contribution < 1.29 is 8.42 Å². The highest BCUT2D eigenvalue weighted by Gasteiger charge is 2.23. The van der Waals surface area contributed by atoms with Crippen LogP contribution in [0.1, 0.15) is 32.3 Å². The Bertz CT molecular complexity index is 1030. The number of rotatable bonds is 11. The molecular weight excluding hydrogens is 414 g/mol. The molecule has 166 valence electrons. The maximum Gasteiger partial charge on any atom is 0.242 e. The molecule has 1 aliphatic rings.